The maximum absolute atomic E-state index is 6.24. The van der Waals surface area contributed by atoms with E-state index in [1.807, 2.05) is 48.5 Å². The van der Waals surface area contributed by atoms with Gasteiger partial charge in [-0.05, 0) is 61.0 Å². The van der Waals surface area contributed by atoms with Gasteiger partial charge in [-0.15, -0.1) is 0 Å². The Morgan fingerprint density at radius 3 is 2.32 bits per heavy atom. The van der Waals surface area contributed by atoms with Crippen molar-refractivity contribution in [3.63, 3.8) is 0 Å². The molecule has 0 unspecified atom stereocenters. The molecule has 0 aliphatic rings. The Kier molecular flexibility index (Phi) is 8.07. The van der Waals surface area contributed by atoms with Gasteiger partial charge >= 0.3 is 0 Å². The van der Waals surface area contributed by atoms with E-state index >= 15 is 0 Å². The summed E-state index contributed by atoms with van der Waals surface area (Å²) in [7, 11) is 0. The van der Waals surface area contributed by atoms with Crippen molar-refractivity contribution < 1.29 is 4.74 Å². The SMILES string of the molecule is Clc1ccc(CCNCc2cc(Br)ccc2OCc2ccc(Cl)cc2Cl)cc1. The molecule has 0 aliphatic carbocycles. The zero-order valence-electron chi connectivity index (χ0n) is 15.0. The fourth-order valence-corrected chi connectivity index (χ4v) is 3.73. The molecular weight excluding hydrogens is 481 g/mol. The van der Waals surface area contributed by atoms with E-state index < -0.39 is 0 Å². The molecule has 0 radical (unpaired) electrons. The second kappa shape index (κ2) is 10.5. The zero-order valence-corrected chi connectivity index (χ0v) is 18.9. The molecule has 0 saturated heterocycles. The highest BCUT2D eigenvalue weighted by atomic mass is 79.9. The smallest absolute Gasteiger partial charge is 0.124 e. The molecule has 3 aromatic carbocycles. The van der Waals surface area contributed by atoms with Crippen LogP contribution >= 0.6 is 50.7 Å². The third-order valence-electron chi connectivity index (χ3n) is 4.24. The van der Waals surface area contributed by atoms with Crippen LogP contribution in [-0.2, 0) is 19.6 Å². The van der Waals surface area contributed by atoms with E-state index in [4.69, 9.17) is 39.5 Å². The van der Waals surface area contributed by atoms with Crippen LogP contribution < -0.4 is 10.1 Å². The first kappa shape index (κ1) is 21.5. The van der Waals surface area contributed by atoms with E-state index in [-0.39, 0.29) is 0 Å². The summed E-state index contributed by atoms with van der Waals surface area (Å²) in [6.45, 7) is 1.95. The third kappa shape index (κ3) is 6.40. The second-order valence-electron chi connectivity index (χ2n) is 6.33. The van der Waals surface area contributed by atoms with Gasteiger partial charge < -0.3 is 10.1 Å². The molecule has 0 spiro atoms. The molecule has 0 fully saturated rings. The molecule has 0 aliphatic heterocycles. The van der Waals surface area contributed by atoms with Gasteiger partial charge in [0.25, 0.3) is 0 Å². The molecule has 0 aromatic heterocycles. The lowest BCUT2D eigenvalue weighted by Gasteiger charge is -2.14. The Balaban J connectivity index is 1.58. The van der Waals surface area contributed by atoms with E-state index in [1.54, 1.807) is 6.07 Å². The van der Waals surface area contributed by atoms with Gasteiger partial charge in [0.15, 0.2) is 0 Å². The standard InChI is InChI=1S/C22H19BrCl3NO/c23-18-4-8-22(28-14-16-3-7-20(25)12-21(16)26)17(11-18)13-27-10-9-15-1-5-19(24)6-2-15/h1-8,11-12,27H,9-10,13-14H2. The number of nitrogens with one attached hydrogen (secondary N) is 1. The molecule has 6 heteroatoms. The number of benzene rings is 3. The van der Waals surface area contributed by atoms with Gasteiger partial charge in [0.1, 0.15) is 12.4 Å². The molecule has 0 bridgehead atoms. The number of rotatable bonds is 8. The Labute approximate surface area is 188 Å². The average molecular weight is 500 g/mol. The summed E-state index contributed by atoms with van der Waals surface area (Å²) < 4.78 is 7.04. The minimum absolute atomic E-state index is 0.384. The maximum atomic E-state index is 6.24. The number of ether oxygens (including phenoxy) is 1. The van der Waals surface area contributed by atoms with Gasteiger partial charge in [-0.25, -0.2) is 0 Å². The molecule has 3 aromatic rings. The highest BCUT2D eigenvalue weighted by Gasteiger charge is 2.07. The summed E-state index contributed by atoms with van der Waals surface area (Å²) in [5.41, 5.74) is 3.23. The van der Waals surface area contributed by atoms with Crippen molar-refractivity contribution in [2.24, 2.45) is 0 Å². The van der Waals surface area contributed by atoms with Gasteiger partial charge in [0, 0.05) is 37.2 Å². The first-order valence-corrected chi connectivity index (χ1v) is 10.7. The molecule has 0 amide bonds. The highest BCUT2D eigenvalue weighted by molar-refractivity contribution is 9.10. The van der Waals surface area contributed by atoms with Crippen LogP contribution in [0.3, 0.4) is 0 Å². The van der Waals surface area contributed by atoms with Crippen molar-refractivity contribution in [1.29, 1.82) is 0 Å². The Morgan fingerprint density at radius 1 is 0.821 bits per heavy atom. The minimum Gasteiger partial charge on any atom is -0.489 e. The van der Waals surface area contributed by atoms with E-state index in [2.05, 4.69) is 27.3 Å². The number of hydrogen-bond acceptors (Lipinski definition) is 2. The Morgan fingerprint density at radius 2 is 1.57 bits per heavy atom. The molecule has 0 saturated carbocycles. The summed E-state index contributed by atoms with van der Waals surface area (Å²) in [6.07, 6.45) is 0.932. The van der Waals surface area contributed by atoms with E-state index in [9.17, 15) is 0 Å². The average Bonchev–Trinajstić information content (AvgIpc) is 2.67. The predicted molar refractivity (Wildman–Crippen MR) is 122 cm³/mol. The normalized spacial score (nSPS) is 10.9. The van der Waals surface area contributed by atoms with Crippen LogP contribution in [0.15, 0.2) is 65.1 Å². The molecule has 0 atom stereocenters. The van der Waals surface area contributed by atoms with Crippen molar-refractivity contribution in [3.05, 3.63) is 96.9 Å². The van der Waals surface area contributed by atoms with Crippen LogP contribution in [0.25, 0.3) is 0 Å². The Bertz CT molecular complexity index is 932. The molecule has 2 nitrogen and oxygen atoms in total. The summed E-state index contributed by atoms with van der Waals surface area (Å²) in [4.78, 5) is 0. The number of halogens is 4. The molecular formula is C22H19BrCl3NO. The first-order valence-electron chi connectivity index (χ1n) is 8.81. The summed E-state index contributed by atoms with van der Waals surface area (Å²) in [5, 5.41) is 5.45. The summed E-state index contributed by atoms with van der Waals surface area (Å²) in [6, 6.07) is 19.3. The van der Waals surface area contributed by atoms with Gasteiger partial charge in [0.05, 0.1) is 0 Å². The highest BCUT2D eigenvalue weighted by Crippen LogP contribution is 2.26. The third-order valence-corrected chi connectivity index (χ3v) is 5.57. The van der Waals surface area contributed by atoms with Crippen molar-refractivity contribution >= 4 is 50.7 Å². The van der Waals surface area contributed by atoms with E-state index in [0.717, 1.165) is 39.3 Å². The van der Waals surface area contributed by atoms with Crippen LogP contribution in [0.1, 0.15) is 16.7 Å². The second-order valence-corrected chi connectivity index (χ2v) is 8.53. The van der Waals surface area contributed by atoms with Crippen LogP contribution in [0.4, 0.5) is 0 Å². The molecule has 28 heavy (non-hydrogen) atoms. The van der Waals surface area contributed by atoms with Crippen molar-refractivity contribution in [2.75, 3.05) is 6.54 Å². The molecule has 1 N–H and O–H groups in total. The van der Waals surface area contributed by atoms with Crippen molar-refractivity contribution in [2.45, 2.75) is 19.6 Å². The van der Waals surface area contributed by atoms with Crippen LogP contribution in [0.5, 0.6) is 5.75 Å². The quantitative estimate of drug-likeness (QED) is 0.328. The maximum Gasteiger partial charge on any atom is 0.124 e. The van der Waals surface area contributed by atoms with Crippen molar-refractivity contribution in [1.82, 2.24) is 5.32 Å². The topological polar surface area (TPSA) is 21.3 Å². The van der Waals surface area contributed by atoms with Gasteiger partial charge in [-0.3, -0.25) is 0 Å². The largest absolute Gasteiger partial charge is 0.489 e. The van der Waals surface area contributed by atoms with Crippen LogP contribution in [-0.4, -0.2) is 6.54 Å². The van der Waals surface area contributed by atoms with Crippen LogP contribution in [0.2, 0.25) is 15.1 Å². The predicted octanol–water partition coefficient (Wildman–Crippen LogP) is 7.32. The fourth-order valence-electron chi connectivity index (χ4n) is 2.73. The monoisotopic (exact) mass is 497 g/mol. The molecule has 0 heterocycles. The number of hydrogen-bond donors (Lipinski definition) is 1. The lowest BCUT2D eigenvalue weighted by atomic mass is 10.1. The zero-order chi connectivity index (χ0) is 19.9. The lowest BCUT2D eigenvalue weighted by Crippen LogP contribution is -2.17. The van der Waals surface area contributed by atoms with Crippen molar-refractivity contribution in [3.8, 4) is 5.75 Å². The van der Waals surface area contributed by atoms with E-state index in [0.29, 0.717) is 23.2 Å². The molecule has 3 rings (SSSR count). The van der Waals surface area contributed by atoms with Gasteiger partial charge in [-0.2, -0.15) is 0 Å². The van der Waals surface area contributed by atoms with Gasteiger partial charge in [0.2, 0.25) is 0 Å². The first-order chi connectivity index (χ1) is 13.5. The molecule has 146 valence electrons. The minimum atomic E-state index is 0.384. The van der Waals surface area contributed by atoms with Gasteiger partial charge in [-0.1, -0.05) is 68.9 Å². The lowest BCUT2D eigenvalue weighted by molar-refractivity contribution is 0.302. The summed E-state index contributed by atoms with van der Waals surface area (Å²) >= 11 is 21.7. The van der Waals surface area contributed by atoms with Crippen LogP contribution in [0, 0.1) is 0 Å². The van der Waals surface area contributed by atoms with E-state index in [1.165, 1.54) is 5.56 Å². The Hall–Kier alpha value is -1.23. The fraction of sp³-hybridized carbons (Fsp3) is 0.182. The summed E-state index contributed by atoms with van der Waals surface area (Å²) in [5.74, 6) is 0.827.